The van der Waals surface area contributed by atoms with Crippen LogP contribution in [0.4, 0.5) is 0 Å². The molecule has 0 saturated heterocycles. The summed E-state index contributed by atoms with van der Waals surface area (Å²) in [5.74, 6) is 0.468. The van der Waals surface area contributed by atoms with Crippen molar-refractivity contribution < 1.29 is 0 Å². The van der Waals surface area contributed by atoms with Crippen LogP contribution in [0.25, 0.3) is 10.6 Å². The van der Waals surface area contributed by atoms with Gasteiger partial charge in [0.05, 0.1) is 5.69 Å². The molecular formula is C11H11ClN2S. The van der Waals surface area contributed by atoms with E-state index in [1.165, 1.54) is 0 Å². The van der Waals surface area contributed by atoms with Gasteiger partial charge in [-0.25, -0.2) is 9.97 Å². The number of rotatable bonds is 2. The predicted molar refractivity (Wildman–Crippen MR) is 64.4 cm³/mol. The third-order valence-electron chi connectivity index (χ3n) is 2.09. The Bertz CT molecular complexity index is 448. The molecule has 0 aliphatic carbocycles. The topological polar surface area (TPSA) is 25.8 Å². The lowest BCUT2D eigenvalue weighted by Gasteiger charge is -1.97. The van der Waals surface area contributed by atoms with Crippen molar-refractivity contribution in [2.75, 3.05) is 0 Å². The van der Waals surface area contributed by atoms with Gasteiger partial charge < -0.3 is 0 Å². The molecule has 0 bridgehead atoms. The molecule has 2 heterocycles. The minimum atomic E-state index is 0.468. The van der Waals surface area contributed by atoms with E-state index in [-0.39, 0.29) is 0 Å². The minimum Gasteiger partial charge on any atom is -0.244 e. The normalized spacial score (nSPS) is 10.9. The Hall–Kier alpha value is -0.930. The Morgan fingerprint density at radius 3 is 2.67 bits per heavy atom. The fourth-order valence-corrected chi connectivity index (χ4v) is 2.27. The second-order valence-electron chi connectivity index (χ2n) is 3.60. The lowest BCUT2D eigenvalue weighted by atomic mass is 10.2. The molecule has 0 atom stereocenters. The molecule has 0 fully saturated rings. The largest absolute Gasteiger partial charge is 0.244 e. The van der Waals surface area contributed by atoms with Crippen molar-refractivity contribution >= 4 is 22.9 Å². The summed E-state index contributed by atoms with van der Waals surface area (Å²) in [6.07, 6.45) is 1.76. The van der Waals surface area contributed by atoms with Crippen LogP contribution in [-0.4, -0.2) is 9.97 Å². The summed E-state index contributed by atoms with van der Waals surface area (Å²) in [6, 6.07) is 3.73. The molecule has 2 rings (SSSR count). The summed E-state index contributed by atoms with van der Waals surface area (Å²) in [7, 11) is 0. The van der Waals surface area contributed by atoms with Crippen molar-refractivity contribution in [1.29, 1.82) is 0 Å². The van der Waals surface area contributed by atoms with Crippen LogP contribution in [0, 0.1) is 0 Å². The van der Waals surface area contributed by atoms with Gasteiger partial charge >= 0.3 is 0 Å². The van der Waals surface area contributed by atoms with E-state index in [0.717, 1.165) is 16.3 Å². The van der Waals surface area contributed by atoms with Crippen LogP contribution in [0.2, 0.25) is 5.15 Å². The van der Waals surface area contributed by atoms with Gasteiger partial charge in [0, 0.05) is 17.1 Å². The third kappa shape index (κ3) is 2.36. The summed E-state index contributed by atoms with van der Waals surface area (Å²) in [5.41, 5.74) is 2.15. The van der Waals surface area contributed by atoms with Crippen LogP contribution in [0.15, 0.2) is 23.7 Å². The molecule has 2 aromatic heterocycles. The summed E-state index contributed by atoms with van der Waals surface area (Å²) >= 11 is 7.37. The van der Waals surface area contributed by atoms with Crippen LogP contribution >= 0.6 is 22.9 Å². The Morgan fingerprint density at radius 1 is 1.33 bits per heavy atom. The number of hydrogen-bond acceptors (Lipinski definition) is 3. The predicted octanol–water partition coefficient (Wildman–Crippen LogP) is 3.98. The quantitative estimate of drug-likeness (QED) is 0.740. The molecule has 0 aliphatic heterocycles. The highest BCUT2D eigenvalue weighted by Gasteiger charge is 2.07. The number of pyridine rings is 1. The number of thiazole rings is 1. The lowest BCUT2D eigenvalue weighted by Crippen LogP contribution is -1.87. The van der Waals surface area contributed by atoms with E-state index in [9.17, 15) is 0 Å². The molecule has 0 N–H and O–H groups in total. The molecule has 0 saturated carbocycles. The SMILES string of the molecule is CC(C)c1csc(-c2ccc(Cl)nc2)n1. The van der Waals surface area contributed by atoms with Gasteiger partial charge in [0.15, 0.2) is 0 Å². The van der Waals surface area contributed by atoms with E-state index >= 15 is 0 Å². The van der Waals surface area contributed by atoms with Crippen molar-refractivity contribution in [3.05, 3.63) is 34.6 Å². The van der Waals surface area contributed by atoms with Crippen LogP contribution in [-0.2, 0) is 0 Å². The van der Waals surface area contributed by atoms with Crippen LogP contribution in [0.3, 0.4) is 0 Å². The minimum absolute atomic E-state index is 0.468. The van der Waals surface area contributed by atoms with E-state index in [1.54, 1.807) is 23.6 Å². The average molecular weight is 239 g/mol. The molecule has 2 nitrogen and oxygen atoms in total. The van der Waals surface area contributed by atoms with Gasteiger partial charge in [-0.1, -0.05) is 25.4 Å². The standard InChI is InChI=1S/C11H11ClN2S/c1-7(2)9-6-15-11(14-9)8-3-4-10(12)13-5-8/h3-7H,1-2H3. The lowest BCUT2D eigenvalue weighted by molar-refractivity contribution is 0.834. The van der Waals surface area contributed by atoms with Crippen LogP contribution in [0.1, 0.15) is 25.5 Å². The summed E-state index contributed by atoms with van der Waals surface area (Å²) in [6.45, 7) is 4.28. The monoisotopic (exact) mass is 238 g/mol. The van der Waals surface area contributed by atoms with Crippen molar-refractivity contribution in [2.24, 2.45) is 0 Å². The molecule has 2 aromatic rings. The van der Waals surface area contributed by atoms with Gasteiger partial charge in [0.1, 0.15) is 10.2 Å². The summed E-state index contributed by atoms with van der Waals surface area (Å²) < 4.78 is 0. The molecule has 0 amide bonds. The number of nitrogens with zero attached hydrogens (tertiary/aromatic N) is 2. The van der Waals surface area contributed by atoms with E-state index in [2.05, 4.69) is 29.2 Å². The highest BCUT2D eigenvalue weighted by atomic mass is 35.5. The van der Waals surface area contributed by atoms with Crippen molar-refractivity contribution in [3.63, 3.8) is 0 Å². The molecule has 0 unspecified atom stereocenters. The van der Waals surface area contributed by atoms with Gasteiger partial charge in [0.2, 0.25) is 0 Å². The zero-order valence-electron chi connectivity index (χ0n) is 8.57. The van der Waals surface area contributed by atoms with Crippen molar-refractivity contribution in [1.82, 2.24) is 9.97 Å². The first kappa shape index (κ1) is 10.6. The van der Waals surface area contributed by atoms with Crippen molar-refractivity contribution in [3.8, 4) is 10.6 Å². The highest BCUT2D eigenvalue weighted by molar-refractivity contribution is 7.13. The highest BCUT2D eigenvalue weighted by Crippen LogP contribution is 2.26. The third-order valence-corrected chi connectivity index (χ3v) is 3.22. The van der Waals surface area contributed by atoms with Crippen LogP contribution in [0.5, 0.6) is 0 Å². The second kappa shape index (κ2) is 4.29. The molecule has 78 valence electrons. The van der Waals surface area contributed by atoms with Gasteiger partial charge in [0.25, 0.3) is 0 Å². The second-order valence-corrected chi connectivity index (χ2v) is 4.85. The Labute approximate surface area is 98.0 Å². The maximum atomic E-state index is 5.73. The molecule has 0 aromatic carbocycles. The van der Waals surface area contributed by atoms with Gasteiger partial charge in [-0.3, -0.25) is 0 Å². The number of aromatic nitrogens is 2. The van der Waals surface area contributed by atoms with Gasteiger partial charge in [-0.15, -0.1) is 11.3 Å². The summed E-state index contributed by atoms with van der Waals surface area (Å²) in [5, 5.41) is 3.61. The maximum absolute atomic E-state index is 5.73. The zero-order chi connectivity index (χ0) is 10.8. The average Bonchev–Trinajstić information content (AvgIpc) is 2.68. The number of hydrogen-bond donors (Lipinski definition) is 0. The maximum Gasteiger partial charge on any atom is 0.129 e. The van der Waals surface area contributed by atoms with E-state index in [1.807, 2.05) is 6.07 Å². The fourth-order valence-electron chi connectivity index (χ4n) is 1.19. The first-order valence-electron chi connectivity index (χ1n) is 4.74. The van der Waals surface area contributed by atoms with E-state index in [0.29, 0.717) is 11.1 Å². The molecular weight excluding hydrogens is 228 g/mol. The molecule has 15 heavy (non-hydrogen) atoms. The molecule has 0 spiro atoms. The molecule has 0 aliphatic rings. The Morgan fingerprint density at radius 2 is 2.13 bits per heavy atom. The summed E-state index contributed by atoms with van der Waals surface area (Å²) in [4.78, 5) is 8.59. The Kier molecular flexibility index (Phi) is 3.03. The number of halogens is 1. The Balaban J connectivity index is 2.33. The van der Waals surface area contributed by atoms with E-state index < -0.39 is 0 Å². The first-order chi connectivity index (χ1) is 7.16. The van der Waals surface area contributed by atoms with Gasteiger partial charge in [-0.2, -0.15) is 0 Å². The smallest absolute Gasteiger partial charge is 0.129 e. The van der Waals surface area contributed by atoms with Gasteiger partial charge in [-0.05, 0) is 18.1 Å². The zero-order valence-corrected chi connectivity index (χ0v) is 10.1. The van der Waals surface area contributed by atoms with Crippen molar-refractivity contribution in [2.45, 2.75) is 19.8 Å². The van der Waals surface area contributed by atoms with E-state index in [4.69, 9.17) is 11.6 Å². The molecule has 4 heteroatoms. The molecule has 0 radical (unpaired) electrons. The van der Waals surface area contributed by atoms with Crippen LogP contribution < -0.4 is 0 Å². The first-order valence-corrected chi connectivity index (χ1v) is 6.00. The fraction of sp³-hybridized carbons (Fsp3) is 0.273.